The van der Waals surface area contributed by atoms with Crippen LogP contribution in [0.1, 0.15) is 13.8 Å². The Balaban J connectivity index is 3.39. The predicted octanol–water partition coefficient (Wildman–Crippen LogP) is 0.464. The molecule has 0 aromatic heterocycles. The molecule has 0 aliphatic rings. The van der Waals surface area contributed by atoms with Crippen molar-refractivity contribution in [3.8, 4) is 0 Å². The molecule has 0 bridgehead atoms. The lowest BCUT2D eigenvalue weighted by atomic mass is 10.4. The Labute approximate surface area is 78.7 Å². The molecule has 0 spiro atoms. The second-order valence-electron chi connectivity index (χ2n) is 2.85. The number of hydrogen-bond donors (Lipinski definition) is 2. The van der Waals surface area contributed by atoms with Gasteiger partial charge >= 0.3 is 0 Å². The number of hydrogen-bond acceptors (Lipinski definition) is 4. The van der Waals surface area contributed by atoms with E-state index in [9.17, 15) is 0 Å². The highest BCUT2D eigenvalue weighted by molar-refractivity contribution is 7.99. The van der Waals surface area contributed by atoms with E-state index in [2.05, 4.69) is 0 Å². The van der Waals surface area contributed by atoms with Gasteiger partial charge in [-0.15, -0.1) is 0 Å². The summed E-state index contributed by atoms with van der Waals surface area (Å²) in [6.07, 6.45) is 0.234. The van der Waals surface area contributed by atoms with Gasteiger partial charge in [0.1, 0.15) is 0 Å². The van der Waals surface area contributed by atoms with Crippen LogP contribution >= 0.6 is 11.8 Å². The van der Waals surface area contributed by atoms with Crippen molar-refractivity contribution in [1.82, 2.24) is 0 Å². The number of aliphatic hydroxyl groups excluding tert-OH is 1. The zero-order chi connectivity index (χ0) is 9.40. The lowest BCUT2D eigenvalue weighted by molar-refractivity contribution is 0.0709. The standard InChI is InChI=1S/C8H19NO2S/c1-7(2)11-6-8(5-10)12-4-3-9/h7-8,10H,3-6,9H2,1-2H3. The Morgan fingerprint density at radius 1 is 1.50 bits per heavy atom. The zero-order valence-electron chi connectivity index (χ0n) is 7.82. The third-order valence-corrected chi connectivity index (χ3v) is 2.52. The van der Waals surface area contributed by atoms with Gasteiger partial charge in [0.05, 0.1) is 24.6 Å². The van der Waals surface area contributed by atoms with Crippen molar-refractivity contribution < 1.29 is 9.84 Å². The summed E-state index contributed by atoms with van der Waals surface area (Å²) in [6.45, 7) is 5.41. The van der Waals surface area contributed by atoms with Gasteiger partial charge in [-0.3, -0.25) is 0 Å². The number of thioether (sulfide) groups is 1. The molecule has 0 radical (unpaired) electrons. The van der Waals surface area contributed by atoms with Crippen LogP contribution in [-0.4, -0.2) is 42.0 Å². The van der Waals surface area contributed by atoms with Crippen LogP contribution in [0.5, 0.6) is 0 Å². The quantitative estimate of drug-likeness (QED) is 0.617. The van der Waals surface area contributed by atoms with E-state index in [4.69, 9.17) is 15.6 Å². The summed E-state index contributed by atoms with van der Waals surface area (Å²) in [7, 11) is 0. The minimum atomic E-state index is 0.164. The van der Waals surface area contributed by atoms with Gasteiger partial charge in [0.15, 0.2) is 0 Å². The Bertz CT molecular complexity index is 101. The van der Waals surface area contributed by atoms with Crippen molar-refractivity contribution in [2.45, 2.75) is 25.2 Å². The van der Waals surface area contributed by atoms with Gasteiger partial charge in [0.2, 0.25) is 0 Å². The number of aliphatic hydroxyl groups is 1. The van der Waals surface area contributed by atoms with Crippen molar-refractivity contribution in [2.75, 3.05) is 25.5 Å². The molecule has 74 valence electrons. The highest BCUT2D eigenvalue weighted by Crippen LogP contribution is 2.10. The van der Waals surface area contributed by atoms with Crippen LogP contribution in [0, 0.1) is 0 Å². The smallest absolute Gasteiger partial charge is 0.0610 e. The monoisotopic (exact) mass is 193 g/mol. The summed E-state index contributed by atoms with van der Waals surface area (Å²) in [5.41, 5.74) is 5.34. The van der Waals surface area contributed by atoms with Gasteiger partial charge in [-0.25, -0.2) is 0 Å². The van der Waals surface area contributed by atoms with E-state index in [1.165, 1.54) is 0 Å². The minimum absolute atomic E-state index is 0.164. The van der Waals surface area contributed by atoms with Crippen LogP contribution in [0.2, 0.25) is 0 Å². The maximum Gasteiger partial charge on any atom is 0.0610 e. The van der Waals surface area contributed by atoms with Gasteiger partial charge < -0.3 is 15.6 Å². The molecule has 3 N–H and O–H groups in total. The molecule has 0 heterocycles. The zero-order valence-corrected chi connectivity index (χ0v) is 8.64. The van der Waals surface area contributed by atoms with Crippen LogP contribution in [0.25, 0.3) is 0 Å². The molecule has 0 aliphatic heterocycles. The predicted molar refractivity (Wildman–Crippen MR) is 53.5 cm³/mol. The summed E-state index contributed by atoms with van der Waals surface area (Å²) in [5, 5.41) is 9.10. The summed E-state index contributed by atoms with van der Waals surface area (Å²) < 4.78 is 5.37. The van der Waals surface area contributed by atoms with Gasteiger partial charge in [-0.1, -0.05) is 0 Å². The van der Waals surface area contributed by atoms with Crippen molar-refractivity contribution >= 4 is 11.8 Å². The first kappa shape index (κ1) is 12.2. The van der Waals surface area contributed by atoms with Crippen LogP contribution in [0.4, 0.5) is 0 Å². The van der Waals surface area contributed by atoms with Crippen LogP contribution in [0.15, 0.2) is 0 Å². The highest BCUT2D eigenvalue weighted by Gasteiger charge is 2.07. The van der Waals surface area contributed by atoms with Gasteiger partial charge in [-0.05, 0) is 13.8 Å². The molecule has 1 atom stereocenters. The molecule has 4 heteroatoms. The van der Waals surface area contributed by atoms with Crippen molar-refractivity contribution in [1.29, 1.82) is 0 Å². The normalized spacial score (nSPS) is 13.8. The fourth-order valence-corrected chi connectivity index (χ4v) is 1.44. The van der Waals surface area contributed by atoms with E-state index < -0.39 is 0 Å². The first-order valence-corrected chi connectivity index (χ1v) is 5.29. The molecule has 0 amide bonds. The second-order valence-corrected chi connectivity index (χ2v) is 4.25. The Morgan fingerprint density at radius 2 is 2.17 bits per heavy atom. The maximum atomic E-state index is 8.92. The van der Waals surface area contributed by atoms with Crippen LogP contribution < -0.4 is 5.73 Å². The van der Waals surface area contributed by atoms with E-state index in [1.807, 2.05) is 13.8 Å². The van der Waals surface area contributed by atoms with E-state index in [0.717, 1.165) is 5.75 Å². The van der Waals surface area contributed by atoms with Crippen molar-refractivity contribution in [2.24, 2.45) is 5.73 Å². The number of rotatable bonds is 7. The fraction of sp³-hybridized carbons (Fsp3) is 1.00. The first-order chi connectivity index (χ1) is 5.70. The fourth-order valence-electron chi connectivity index (χ4n) is 0.688. The summed E-state index contributed by atoms with van der Waals surface area (Å²) in [5.74, 6) is 0.882. The second kappa shape index (κ2) is 7.86. The largest absolute Gasteiger partial charge is 0.395 e. The summed E-state index contributed by atoms with van der Waals surface area (Å²) in [4.78, 5) is 0. The van der Waals surface area contributed by atoms with E-state index in [1.54, 1.807) is 11.8 Å². The molecule has 12 heavy (non-hydrogen) atoms. The third kappa shape index (κ3) is 6.91. The Morgan fingerprint density at radius 3 is 2.58 bits per heavy atom. The number of ether oxygens (including phenoxy) is 1. The van der Waals surface area contributed by atoms with Crippen LogP contribution in [0.3, 0.4) is 0 Å². The van der Waals surface area contributed by atoms with E-state index in [0.29, 0.717) is 13.2 Å². The lowest BCUT2D eigenvalue weighted by Gasteiger charge is -2.15. The average Bonchev–Trinajstić information content (AvgIpc) is 2.05. The Hall–Kier alpha value is 0.230. The summed E-state index contributed by atoms with van der Waals surface area (Å²) >= 11 is 1.66. The van der Waals surface area contributed by atoms with Crippen molar-refractivity contribution in [3.63, 3.8) is 0 Å². The molecular formula is C8H19NO2S. The summed E-state index contributed by atoms with van der Waals surface area (Å²) in [6, 6.07) is 0. The molecule has 0 saturated heterocycles. The molecule has 0 saturated carbocycles. The molecular weight excluding hydrogens is 174 g/mol. The van der Waals surface area contributed by atoms with E-state index >= 15 is 0 Å². The minimum Gasteiger partial charge on any atom is -0.395 e. The molecule has 0 aromatic carbocycles. The first-order valence-electron chi connectivity index (χ1n) is 4.24. The highest BCUT2D eigenvalue weighted by atomic mass is 32.2. The molecule has 0 rings (SSSR count). The average molecular weight is 193 g/mol. The molecule has 0 aliphatic carbocycles. The maximum absolute atomic E-state index is 8.92. The molecule has 0 aromatic rings. The molecule has 3 nitrogen and oxygen atoms in total. The third-order valence-electron chi connectivity index (χ3n) is 1.29. The molecule has 0 fully saturated rings. The van der Waals surface area contributed by atoms with E-state index in [-0.39, 0.29) is 18.0 Å². The number of nitrogens with two attached hydrogens (primary N) is 1. The Kier molecular flexibility index (Phi) is 8.01. The SMILES string of the molecule is CC(C)OCC(CO)SCCN. The van der Waals surface area contributed by atoms with Gasteiger partial charge in [0.25, 0.3) is 0 Å². The van der Waals surface area contributed by atoms with Gasteiger partial charge in [0, 0.05) is 12.3 Å². The molecule has 1 unspecified atom stereocenters. The lowest BCUT2D eigenvalue weighted by Crippen LogP contribution is -2.21. The topological polar surface area (TPSA) is 55.5 Å². The van der Waals surface area contributed by atoms with Crippen molar-refractivity contribution in [3.05, 3.63) is 0 Å². The van der Waals surface area contributed by atoms with Crippen LogP contribution in [-0.2, 0) is 4.74 Å². The van der Waals surface area contributed by atoms with Gasteiger partial charge in [-0.2, -0.15) is 11.8 Å².